The van der Waals surface area contributed by atoms with Crippen molar-refractivity contribution >= 4 is 5.97 Å². The Morgan fingerprint density at radius 1 is 0.594 bits per heavy atom. The molecule has 1 atom stereocenters. The zero-order chi connectivity index (χ0) is 23.9. The van der Waals surface area contributed by atoms with Gasteiger partial charge in [-0.15, -0.1) is 0 Å². The summed E-state index contributed by atoms with van der Waals surface area (Å²) >= 11 is 0. The second kappa shape index (κ2) is 22.3. The molecule has 192 valence electrons. The van der Waals surface area contributed by atoms with Gasteiger partial charge in [-0.25, -0.2) is 0 Å². The van der Waals surface area contributed by atoms with Gasteiger partial charge in [0.1, 0.15) is 0 Å². The molecule has 32 heavy (non-hydrogen) atoms. The van der Waals surface area contributed by atoms with E-state index in [1.807, 2.05) is 0 Å². The lowest BCUT2D eigenvalue weighted by molar-refractivity contribution is -0.149. The fourth-order valence-corrected chi connectivity index (χ4v) is 4.48. The maximum absolute atomic E-state index is 12.7. The summed E-state index contributed by atoms with van der Waals surface area (Å²) in [7, 11) is 0. The van der Waals surface area contributed by atoms with E-state index in [-0.39, 0.29) is 11.9 Å². The van der Waals surface area contributed by atoms with Crippen molar-refractivity contribution in [3.8, 4) is 0 Å². The Bertz CT molecular complexity index is 396. The fraction of sp³-hybridized carbons (Fsp3) is 0.967. The van der Waals surface area contributed by atoms with E-state index in [0.29, 0.717) is 12.0 Å². The third-order valence-corrected chi connectivity index (χ3v) is 6.71. The molecular formula is C30H60O2. The van der Waals surface area contributed by atoms with E-state index in [4.69, 9.17) is 4.74 Å². The first-order chi connectivity index (χ1) is 15.4. The van der Waals surface area contributed by atoms with E-state index in [0.717, 1.165) is 25.7 Å². The van der Waals surface area contributed by atoms with Crippen molar-refractivity contribution in [3.63, 3.8) is 0 Å². The highest BCUT2D eigenvalue weighted by atomic mass is 16.5. The van der Waals surface area contributed by atoms with Gasteiger partial charge in [0.25, 0.3) is 0 Å². The second-order valence-corrected chi connectivity index (χ2v) is 11.4. The normalized spacial score (nSPS) is 12.8. The van der Waals surface area contributed by atoms with Gasteiger partial charge in [0.05, 0.1) is 12.5 Å². The summed E-state index contributed by atoms with van der Waals surface area (Å²) in [6.07, 6.45) is 26.6. The smallest absolute Gasteiger partial charge is 0.308 e. The average Bonchev–Trinajstić information content (AvgIpc) is 2.75. The van der Waals surface area contributed by atoms with E-state index in [1.165, 1.54) is 109 Å². The Morgan fingerprint density at radius 2 is 1.00 bits per heavy atom. The SMILES string of the molecule is CCCCCCCCCCCCOC(=O)C(CCCCCCCC)CCCCC(C)(C)C. The molecule has 0 amide bonds. The molecule has 0 N–H and O–H groups in total. The van der Waals surface area contributed by atoms with Crippen LogP contribution >= 0.6 is 0 Å². The van der Waals surface area contributed by atoms with Gasteiger partial charge < -0.3 is 4.74 Å². The predicted octanol–water partition coefficient (Wildman–Crippen LogP) is 10.4. The first-order valence-electron chi connectivity index (χ1n) is 14.6. The number of carbonyl (C=O) groups is 1. The zero-order valence-electron chi connectivity index (χ0n) is 23.0. The molecule has 0 aromatic heterocycles. The van der Waals surface area contributed by atoms with Crippen LogP contribution in [0.1, 0.15) is 169 Å². The molecule has 0 spiro atoms. The minimum absolute atomic E-state index is 0.0882. The zero-order valence-corrected chi connectivity index (χ0v) is 23.0. The summed E-state index contributed by atoms with van der Waals surface area (Å²) < 4.78 is 5.73. The molecular weight excluding hydrogens is 392 g/mol. The van der Waals surface area contributed by atoms with E-state index >= 15 is 0 Å². The molecule has 0 heterocycles. The van der Waals surface area contributed by atoms with Crippen LogP contribution in [0.4, 0.5) is 0 Å². The van der Waals surface area contributed by atoms with Crippen LogP contribution in [-0.2, 0) is 9.53 Å². The summed E-state index contributed by atoms with van der Waals surface area (Å²) in [5, 5.41) is 0. The number of hydrogen-bond acceptors (Lipinski definition) is 2. The summed E-state index contributed by atoms with van der Waals surface area (Å²) in [6, 6.07) is 0. The number of carbonyl (C=O) groups excluding carboxylic acids is 1. The summed E-state index contributed by atoms with van der Waals surface area (Å²) in [5.41, 5.74) is 0.394. The maximum atomic E-state index is 12.7. The molecule has 0 aliphatic carbocycles. The first-order valence-corrected chi connectivity index (χ1v) is 14.6. The topological polar surface area (TPSA) is 26.3 Å². The van der Waals surface area contributed by atoms with Gasteiger partial charge in [0.2, 0.25) is 0 Å². The van der Waals surface area contributed by atoms with Crippen molar-refractivity contribution < 1.29 is 9.53 Å². The quantitative estimate of drug-likeness (QED) is 0.114. The first kappa shape index (κ1) is 31.5. The molecule has 1 unspecified atom stereocenters. The van der Waals surface area contributed by atoms with E-state index in [2.05, 4.69) is 34.6 Å². The van der Waals surface area contributed by atoms with Gasteiger partial charge in [0.15, 0.2) is 0 Å². The molecule has 0 saturated carbocycles. The van der Waals surface area contributed by atoms with Crippen LogP contribution in [-0.4, -0.2) is 12.6 Å². The number of esters is 1. The molecule has 0 aromatic rings. The summed E-state index contributed by atoms with van der Waals surface area (Å²) in [4.78, 5) is 12.7. The third-order valence-electron chi connectivity index (χ3n) is 6.71. The lowest BCUT2D eigenvalue weighted by Crippen LogP contribution is -2.19. The van der Waals surface area contributed by atoms with E-state index < -0.39 is 0 Å². The molecule has 0 aromatic carbocycles. The van der Waals surface area contributed by atoms with Crippen molar-refractivity contribution in [2.75, 3.05) is 6.61 Å². The van der Waals surface area contributed by atoms with Gasteiger partial charge in [-0.1, -0.05) is 144 Å². The van der Waals surface area contributed by atoms with Crippen LogP contribution in [0.2, 0.25) is 0 Å². The van der Waals surface area contributed by atoms with Gasteiger partial charge in [0, 0.05) is 0 Å². The third kappa shape index (κ3) is 22.7. The van der Waals surface area contributed by atoms with Gasteiger partial charge in [-0.3, -0.25) is 4.79 Å². The van der Waals surface area contributed by atoms with Crippen LogP contribution in [0.5, 0.6) is 0 Å². The van der Waals surface area contributed by atoms with Crippen molar-refractivity contribution in [3.05, 3.63) is 0 Å². The van der Waals surface area contributed by atoms with Crippen LogP contribution in [0.15, 0.2) is 0 Å². The summed E-state index contributed by atoms with van der Waals surface area (Å²) in [6.45, 7) is 12.1. The molecule has 0 fully saturated rings. The summed E-state index contributed by atoms with van der Waals surface area (Å²) in [5.74, 6) is 0.217. The lowest BCUT2D eigenvalue weighted by Gasteiger charge is -2.19. The van der Waals surface area contributed by atoms with Crippen LogP contribution in [0, 0.1) is 11.3 Å². The molecule has 0 rings (SSSR count). The van der Waals surface area contributed by atoms with Gasteiger partial charge in [-0.2, -0.15) is 0 Å². The number of unbranched alkanes of at least 4 members (excludes halogenated alkanes) is 15. The molecule has 2 heteroatoms. The van der Waals surface area contributed by atoms with E-state index in [1.54, 1.807) is 0 Å². The number of rotatable bonds is 23. The largest absolute Gasteiger partial charge is 0.465 e. The van der Waals surface area contributed by atoms with Crippen molar-refractivity contribution in [1.29, 1.82) is 0 Å². The standard InChI is InChI=1S/C30H60O2/c1-6-8-10-12-14-15-16-17-19-23-27-32-29(31)28(24-20-18-13-11-9-7-2)25-21-22-26-30(3,4)5/h28H,6-27H2,1-5H3. The Balaban J connectivity index is 4.00. The van der Waals surface area contributed by atoms with Crippen LogP contribution in [0.25, 0.3) is 0 Å². The molecule has 0 aliphatic heterocycles. The highest BCUT2D eigenvalue weighted by Gasteiger charge is 2.20. The molecule has 0 aliphatic rings. The molecule has 0 bridgehead atoms. The highest BCUT2D eigenvalue weighted by molar-refractivity contribution is 5.72. The Morgan fingerprint density at radius 3 is 1.47 bits per heavy atom. The van der Waals surface area contributed by atoms with Crippen molar-refractivity contribution in [2.45, 2.75) is 169 Å². The lowest BCUT2D eigenvalue weighted by atomic mass is 9.87. The number of ether oxygens (including phenoxy) is 1. The van der Waals surface area contributed by atoms with Crippen molar-refractivity contribution in [2.24, 2.45) is 11.3 Å². The van der Waals surface area contributed by atoms with Crippen LogP contribution in [0.3, 0.4) is 0 Å². The van der Waals surface area contributed by atoms with Crippen molar-refractivity contribution in [1.82, 2.24) is 0 Å². The molecule has 0 radical (unpaired) electrons. The minimum Gasteiger partial charge on any atom is -0.465 e. The monoisotopic (exact) mass is 452 g/mol. The Kier molecular flexibility index (Phi) is 21.9. The Hall–Kier alpha value is -0.530. The number of hydrogen-bond donors (Lipinski definition) is 0. The van der Waals surface area contributed by atoms with Crippen LogP contribution < -0.4 is 0 Å². The highest BCUT2D eigenvalue weighted by Crippen LogP contribution is 2.25. The minimum atomic E-state index is 0.0882. The average molecular weight is 453 g/mol. The maximum Gasteiger partial charge on any atom is 0.308 e. The van der Waals surface area contributed by atoms with Gasteiger partial charge in [-0.05, 0) is 31.1 Å². The molecule has 0 saturated heterocycles. The fourth-order valence-electron chi connectivity index (χ4n) is 4.48. The predicted molar refractivity (Wildman–Crippen MR) is 142 cm³/mol. The van der Waals surface area contributed by atoms with Gasteiger partial charge >= 0.3 is 5.97 Å². The molecule has 2 nitrogen and oxygen atoms in total. The Labute approximate surface area is 203 Å². The second-order valence-electron chi connectivity index (χ2n) is 11.4. The van der Waals surface area contributed by atoms with E-state index in [9.17, 15) is 4.79 Å².